The summed E-state index contributed by atoms with van der Waals surface area (Å²) in [4.78, 5) is 27.3. The van der Waals surface area contributed by atoms with Gasteiger partial charge in [-0.2, -0.15) is 0 Å². The zero-order valence-electron chi connectivity index (χ0n) is 15.1. The van der Waals surface area contributed by atoms with Crippen LogP contribution in [0, 0.1) is 5.41 Å². The van der Waals surface area contributed by atoms with Crippen molar-refractivity contribution < 1.29 is 14.3 Å². The van der Waals surface area contributed by atoms with Crippen LogP contribution in [0.25, 0.3) is 0 Å². The second kappa shape index (κ2) is 8.23. The van der Waals surface area contributed by atoms with Gasteiger partial charge in [0.25, 0.3) is 0 Å². The molecule has 1 saturated heterocycles. The summed E-state index contributed by atoms with van der Waals surface area (Å²) in [6.07, 6.45) is 5.69. The van der Waals surface area contributed by atoms with Crippen LogP contribution in [-0.2, 0) is 20.9 Å². The summed E-state index contributed by atoms with van der Waals surface area (Å²) in [5.74, 6) is 0.0876. The standard InChI is InChI=1S/C20H25ClN2O3/c1-26-13-12-23-17-4-2-3-10-20(17,11-9-18(23)24)19(25)22-14-15-5-7-16(21)8-6-15/h4-8H,2-3,9-14H2,1H3,(H,22,25). The Balaban J connectivity index is 1.77. The summed E-state index contributed by atoms with van der Waals surface area (Å²) < 4.78 is 5.15. The van der Waals surface area contributed by atoms with Gasteiger partial charge in [-0.3, -0.25) is 9.59 Å². The van der Waals surface area contributed by atoms with Gasteiger partial charge in [0.2, 0.25) is 11.8 Å². The van der Waals surface area contributed by atoms with E-state index < -0.39 is 5.41 Å². The van der Waals surface area contributed by atoms with Gasteiger partial charge in [-0.15, -0.1) is 0 Å². The zero-order chi connectivity index (χ0) is 18.6. The molecule has 1 aromatic carbocycles. The second-order valence-corrected chi connectivity index (χ2v) is 7.35. The first kappa shape index (κ1) is 18.9. The number of carbonyl (C=O) groups excluding carboxylic acids is 2. The summed E-state index contributed by atoms with van der Waals surface area (Å²) in [5, 5.41) is 3.75. The Bertz CT molecular complexity index is 702. The summed E-state index contributed by atoms with van der Waals surface area (Å²) in [5.41, 5.74) is 1.26. The quantitative estimate of drug-likeness (QED) is 0.828. The molecule has 6 heteroatoms. The number of methoxy groups -OCH3 is 1. The Kier molecular flexibility index (Phi) is 5.99. The monoisotopic (exact) mass is 376 g/mol. The number of nitrogens with zero attached hydrogens (tertiary/aromatic N) is 1. The summed E-state index contributed by atoms with van der Waals surface area (Å²) >= 11 is 5.92. The molecule has 3 rings (SSSR count). The van der Waals surface area contributed by atoms with Crippen molar-refractivity contribution in [3.8, 4) is 0 Å². The third-order valence-corrected chi connectivity index (χ3v) is 5.57. The molecule has 1 atom stereocenters. The molecular weight excluding hydrogens is 352 g/mol. The molecule has 1 fully saturated rings. The predicted octanol–water partition coefficient (Wildman–Crippen LogP) is 3.28. The lowest BCUT2D eigenvalue weighted by molar-refractivity contribution is -0.141. The summed E-state index contributed by atoms with van der Waals surface area (Å²) in [6.45, 7) is 1.41. The number of carbonyl (C=O) groups is 2. The van der Waals surface area contributed by atoms with Crippen LogP contribution in [0.5, 0.6) is 0 Å². The van der Waals surface area contributed by atoms with Gasteiger partial charge in [0.1, 0.15) is 0 Å². The molecule has 26 heavy (non-hydrogen) atoms. The first-order valence-electron chi connectivity index (χ1n) is 9.09. The lowest BCUT2D eigenvalue weighted by Gasteiger charge is -2.46. The topological polar surface area (TPSA) is 58.6 Å². The van der Waals surface area contributed by atoms with E-state index in [0.29, 0.717) is 37.6 Å². The number of ether oxygens (including phenoxy) is 1. The minimum Gasteiger partial charge on any atom is -0.383 e. The van der Waals surface area contributed by atoms with Crippen molar-refractivity contribution in [2.45, 2.75) is 38.6 Å². The van der Waals surface area contributed by atoms with Gasteiger partial charge in [-0.25, -0.2) is 0 Å². The van der Waals surface area contributed by atoms with Gasteiger partial charge >= 0.3 is 0 Å². The minimum absolute atomic E-state index is 0.00770. The normalized spacial score (nSPS) is 22.6. The number of halogens is 1. The third-order valence-electron chi connectivity index (χ3n) is 5.31. The van der Waals surface area contributed by atoms with E-state index in [2.05, 4.69) is 11.4 Å². The highest BCUT2D eigenvalue weighted by Crippen LogP contribution is 2.46. The number of likely N-dealkylation sites (tertiary alicyclic amines) is 1. The SMILES string of the molecule is COCCN1C(=O)CCC2(C(=O)NCc3ccc(Cl)cc3)CCCC=C12. The molecule has 1 aliphatic carbocycles. The fraction of sp³-hybridized carbons (Fsp3) is 0.500. The molecule has 2 aliphatic rings. The molecule has 1 aromatic rings. The van der Waals surface area contributed by atoms with E-state index in [9.17, 15) is 9.59 Å². The van der Waals surface area contributed by atoms with Gasteiger partial charge in [-0.05, 0) is 43.4 Å². The Morgan fingerprint density at radius 3 is 2.81 bits per heavy atom. The van der Waals surface area contributed by atoms with Crippen molar-refractivity contribution in [2.24, 2.45) is 5.41 Å². The van der Waals surface area contributed by atoms with Gasteiger partial charge in [-0.1, -0.05) is 29.8 Å². The number of amides is 2. The van der Waals surface area contributed by atoms with Crippen LogP contribution in [-0.4, -0.2) is 37.0 Å². The van der Waals surface area contributed by atoms with E-state index in [1.54, 1.807) is 12.0 Å². The van der Waals surface area contributed by atoms with Crippen LogP contribution in [0.3, 0.4) is 0 Å². The predicted molar refractivity (Wildman–Crippen MR) is 100 cm³/mol. The Labute approximate surface area is 159 Å². The highest BCUT2D eigenvalue weighted by molar-refractivity contribution is 6.30. The first-order chi connectivity index (χ1) is 12.6. The molecule has 1 N–H and O–H groups in total. The lowest BCUT2D eigenvalue weighted by atomic mass is 9.69. The molecule has 0 spiro atoms. The second-order valence-electron chi connectivity index (χ2n) is 6.91. The molecule has 0 bridgehead atoms. The molecule has 5 nitrogen and oxygen atoms in total. The third kappa shape index (κ3) is 3.79. The van der Waals surface area contributed by atoms with Crippen molar-refractivity contribution in [1.82, 2.24) is 10.2 Å². The van der Waals surface area contributed by atoms with Crippen molar-refractivity contribution in [2.75, 3.05) is 20.3 Å². The Hall–Kier alpha value is -1.85. The Morgan fingerprint density at radius 1 is 1.31 bits per heavy atom. The van der Waals surface area contributed by atoms with Gasteiger partial charge in [0, 0.05) is 37.3 Å². The van der Waals surface area contributed by atoms with E-state index in [4.69, 9.17) is 16.3 Å². The van der Waals surface area contributed by atoms with E-state index >= 15 is 0 Å². The largest absolute Gasteiger partial charge is 0.383 e. The fourth-order valence-corrected chi connectivity index (χ4v) is 4.03. The zero-order valence-corrected chi connectivity index (χ0v) is 15.8. The van der Waals surface area contributed by atoms with E-state index in [1.165, 1.54) is 0 Å². The molecule has 0 radical (unpaired) electrons. The molecule has 0 aromatic heterocycles. The van der Waals surface area contributed by atoms with Crippen LogP contribution in [0.1, 0.15) is 37.7 Å². The maximum Gasteiger partial charge on any atom is 0.232 e. The molecule has 1 aliphatic heterocycles. The number of allylic oxidation sites excluding steroid dienone is 1. The first-order valence-corrected chi connectivity index (χ1v) is 9.47. The molecular formula is C20H25ClN2O3. The minimum atomic E-state index is -0.605. The molecule has 0 saturated carbocycles. The number of rotatable bonds is 6. The highest BCUT2D eigenvalue weighted by atomic mass is 35.5. The Morgan fingerprint density at radius 2 is 2.08 bits per heavy atom. The van der Waals surface area contributed by atoms with Crippen LogP contribution >= 0.6 is 11.6 Å². The number of fused-ring (bicyclic) bond motifs is 1. The van der Waals surface area contributed by atoms with E-state index in [0.717, 1.165) is 30.5 Å². The number of piperidine rings is 1. The fourth-order valence-electron chi connectivity index (χ4n) is 3.90. The molecule has 2 amide bonds. The van der Waals surface area contributed by atoms with Crippen molar-refractivity contribution in [1.29, 1.82) is 0 Å². The van der Waals surface area contributed by atoms with Crippen LogP contribution in [0.2, 0.25) is 5.02 Å². The van der Waals surface area contributed by atoms with Gasteiger partial charge < -0.3 is 15.0 Å². The molecule has 140 valence electrons. The summed E-state index contributed by atoms with van der Waals surface area (Å²) in [6, 6.07) is 7.46. The average molecular weight is 377 g/mol. The average Bonchev–Trinajstić information content (AvgIpc) is 2.66. The van der Waals surface area contributed by atoms with Gasteiger partial charge in [0.15, 0.2) is 0 Å². The molecule has 1 unspecified atom stereocenters. The van der Waals surface area contributed by atoms with Crippen LogP contribution in [0.4, 0.5) is 0 Å². The van der Waals surface area contributed by atoms with E-state index in [1.807, 2.05) is 24.3 Å². The van der Waals surface area contributed by atoms with Crippen LogP contribution < -0.4 is 5.32 Å². The maximum atomic E-state index is 13.2. The van der Waals surface area contributed by atoms with Crippen molar-refractivity contribution in [3.05, 3.63) is 46.6 Å². The maximum absolute atomic E-state index is 13.2. The van der Waals surface area contributed by atoms with Gasteiger partial charge in [0.05, 0.1) is 12.0 Å². The van der Waals surface area contributed by atoms with Crippen LogP contribution in [0.15, 0.2) is 36.0 Å². The molecule has 1 heterocycles. The van der Waals surface area contributed by atoms with Crippen molar-refractivity contribution in [3.63, 3.8) is 0 Å². The highest BCUT2D eigenvalue weighted by Gasteiger charge is 2.49. The number of benzene rings is 1. The smallest absolute Gasteiger partial charge is 0.232 e. The number of hydrogen-bond acceptors (Lipinski definition) is 3. The lowest BCUT2D eigenvalue weighted by Crippen LogP contribution is -2.53. The summed E-state index contributed by atoms with van der Waals surface area (Å²) in [7, 11) is 1.62. The number of hydrogen-bond donors (Lipinski definition) is 1. The van der Waals surface area contributed by atoms with E-state index in [-0.39, 0.29) is 11.8 Å². The number of nitrogens with one attached hydrogen (secondary N) is 1. The van der Waals surface area contributed by atoms with Crippen molar-refractivity contribution >= 4 is 23.4 Å².